The minimum atomic E-state index is -0.404. The molecule has 0 saturated carbocycles. The number of carbonyl (C=O) groups is 1. The van der Waals surface area contributed by atoms with Crippen molar-refractivity contribution >= 4 is 22.4 Å². The van der Waals surface area contributed by atoms with Gasteiger partial charge in [0, 0.05) is 16.5 Å². The predicted molar refractivity (Wildman–Crippen MR) is 112 cm³/mol. The highest BCUT2D eigenvalue weighted by molar-refractivity contribution is 7.14. The average molecular weight is 440 g/mol. The van der Waals surface area contributed by atoms with Gasteiger partial charge in [-0.25, -0.2) is 9.37 Å². The highest BCUT2D eigenvalue weighted by Gasteiger charge is 2.14. The molecule has 1 N–H and O–H groups in total. The summed E-state index contributed by atoms with van der Waals surface area (Å²) in [5.41, 5.74) is 1.86. The van der Waals surface area contributed by atoms with Gasteiger partial charge < -0.3 is 14.8 Å². The molecule has 4 aromatic rings. The number of rotatable bonds is 7. The number of ether oxygens (including phenoxy) is 2. The molecular weight excluding hydrogens is 423 g/mol. The summed E-state index contributed by atoms with van der Waals surface area (Å²) in [4.78, 5) is 18.0. The summed E-state index contributed by atoms with van der Waals surface area (Å²) in [6, 6.07) is 11.2. The lowest BCUT2D eigenvalue weighted by Gasteiger charge is -2.08. The first-order chi connectivity index (χ1) is 15.1. The van der Waals surface area contributed by atoms with Crippen LogP contribution in [0.1, 0.15) is 0 Å². The van der Waals surface area contributed by atoms with Gasteiger partial charge in [0.05, 0.1) is 19.9 Å². The first kappa shape index (κ1) is 20.4. The van der Waals surface area contributed by atoms with Crippen molar-refractivity contribution in [2.24, 2.45) is 0 Å². The van der Waals surface area contributed by atoms with E-state index in [0.29, 0.717) is 27.9 Å². The van der Waals surface area contributed by atoms with Gasteiger partial charge in [-0.3, -0.25) is 4.79 Å². The molecule has 0 radical (unpaired) electrons. The zero-order chi connectivity index (χ0) is 21.8. The molecule has 0 aliphatic heterocycles. The third-order valence-corrected chi connectivity index (χ3v) is 5.01. The van der Waals surface area contributed by atoms with Crippen LogP contribution in [-0.2, 0) is 11.3 Å². The Morgan fingerprint density at radius 2 is 2.06 bits per heavy atom. The molecule has 11 heteroatoms. The summed E-state index contributed by atoms with van der Waals surface area (Å²) >= 11 is 1.27. The van der Waals surface area contributed by atoms with Crippen molar-refractivity contribution in [3.05, 3.63) is 53.7 Å². The number of aromatic nitrogens is 5. The number of anilines is 1. The lowest BCUT2D eigenvalue weighted by atomic mass is 10.1. The van der Waals surface area contributed by atoms with Crippen molar-refractivity contribution in [2.75, 3.05) is 19.5 Å². The zero-order valence-electron chi connectivity index (χ0n) is 16.6. The molecule has 2 heterocycles. The van der Waals surface area contributed by atoms with Gasteiger partial charge in [-0.15, -0.1) is 21.5 Å². The van der Waals surface area contributed by atoms with Crippen molar-refractivity contribution in [3.63, 3.8) is 0 Å². The van der Waals surface area contributed by atoms with E-state index in [1.807, 2.05) is 11.4 Å². The molecule has 0 fully saturated rings. The number of benzene rings is 2. The Balaban J connectivity index is 1.44. The molecule has 1 amide bonds. The van der Waals surface area contributed by atoms with Crippen LogP contribution in [0.3, 0.4) is 0 Å². The van der Waals surface area contributed by atoms with E-state index in [2.05, 4.69) is 25.7 Å². The summed E-state index contributed by atoms with van der Waals surface area (Å²) in [6.07, 6.45) is 0. The second kappa shape index (κ2) is 8.88. The maximum atomic E-state index is 13.4. The van der Waals surface area contributed by atoms with Crippen molar-refractivity contribution in [2.45, 2.75) is 6.54 Å². The first-order valence-corrected chi connectivity index (χ1v) is 9.95. The fourth-order valence-corrected chi connectivity index (χ4v) is 3.54. The number of methoxy groups -OCH3 is 2. The number of nitrogens with zero attached hydrogens (tertiary/aromatic N) is 5. The molecule has 0 unspecified atom stereocenters. The van der Waals surface area contributed by atoms with E-state index in [4.69, 9.17) is 9.47 Å². The van der Waals surface area contributed by atoms with Gasteiger partial charge in [0.15, 0.2) is 5.13 Å². The number of hydrogen-bond acceptors (Lipinski definition) is 8. The Bertz CT molecular complexity index is 1230. The summed E-state index contributed by atoms with van der Waals surface area (Å²) in [6.45, 7) is -0.167. The topological polar surface area (TPSA) is 104 Å². The minimum absolute atomic E-state index is 0.167. The number of tetrazole rings is 1. The number of amides is 1. The number of thiazole rings is 1. The van der Waals surface area contributed by atoms with Gasteiger partial charge in [-0.2, -0.15) is 4.80 Å². The third kappa shape index (κ3) is 4.67. The summed E-state index contributed by atoms with van der Waals surface area (Å²) < 4.78 is 24.0. The van der Waals surface area contributed by atoms with E-state index >= 15 is 0 Å². The molecule has 0 spiro atoms. The Morgan fingerprint density at radius 1 is 1.19 bits per heavy atom. The molecule has 0 aliphatic rings. The summed E-state index contributed by atoms with van der Waals surface area (Å²) in [7, 11) is 3.15. The number of carbonyl (C=O) groups excluding carboxylic acids is 1. The quantitative estimate of drug-likeness (QED) is 0.470. The molecule has 0 atom stereocenters. The predicted octanol–water partition coefficient (Wildman–Crippen LogP) is 3.26. The number of halogens is 1. The molecule has 2 aromatic carbocycles. The SMILES string of the molecule is COc1ccc(OC)c(-c2csc(NC(=O)Cn3nnc(-c4cccc(F)c4)n3)n2)c1. The van der Waals surface area contributed by atoms with Gasteiger partial charge in [0.1, 0.15) is 23.9 Å². The van der Waals surface area contributed by atoms with Crippen molar-refractivity contribution in [1.29, 1.82) is 0 Å². The molecule has 2 aromatic heterocycles. The monoisotopic (exact) mass is 440 g/mol. The minimum Gasteiger partial charge on any atom is -0.497 e. The van der Waals surface area contributed by atoms with E-state index in [-0.39, 0.29) is 18.3 Å². The van der Waals surface area contributed by atoms with Gasteiger partial charge in [0.2, 0.25) is 11.7 Å². The van der Waals surface area contributed by atoms with Crippen LogP contribution in [-0.4, -0.2) is 45.3 Å². The lowest BCUT2D eigenvalue weighted by molar-refractivity contribution is -0.117. The molecule has 0 aliphatic carbocycles. The normalized spacial score (nSPS) is 10.7. The largest absolute Gasteiger partial charge is 0.497 e. The maximum absolute atomic E-state index is 13.4. The van der Waals surface area contributed by atoms with E-state index < -0.39 is 5.82 Å². The van der Waals surface area contributed by atoms with Crippen LogP contribution in [0.15, 0.2) is 47.8 Å². The second-order valence-corrected chi connectivity index (χ2v) is 7.16. The summed E-state index contributed by atoms with van der Waals surface area (Å²) in [5, 5.41) is 16.8. The maximum Gasteiger partial charge on any atom is 0.249 e. The fourth-order valence-electron chi connectivity index (χ4n) is 2.81. The van der Waals surface area contributed by atoms with Crippen LogP contribution in [0.25, 0.3) is 22.6 Å². The fraction of sp³-hybridized carbons (Fsp3) is 0.150. The first-order valence-electron chi connectivity index (χ1n) is 9.07. The number of nitrogens with one attached hydrogen (secondary N) is 1. The number of hydrogen-bond donors (Lipinski definition) is 1. The van der Waals surface area contributed by atoms with Crippen molar-refractivity contribution in [1.82, 2.24) is 25.2 Å². The van der Waals surface area contributed by atoms with Crippen LogP contribution in [0.2, 0.25) is 0 Å². The Kier molecular flexibility index (Phi) is 5.85. The molecule has 31 heavy (non-hydrogen) atoms. The Labute approximate surface area is 180 Å². The van der Waals surface area contributed by atoms with Crippen molar-refractivity contribution < 1.29 is 18.7 Å². The third-order valence-electron chi connectivity index (χ3n) is 4.25. The molecule has 0 saturated heterocycles. The Morgan fingerprint density at radius 3 is 2.84 bits per heavy atom. The highest BCUT2D eigenvalue weighted by atomic mass is 32.1. The molecule has 9 nitrogen and oxygen atoms in total. The van der Waals surface area contributed by atoms with Gasteiger partial charge in [-0.1, -0.05) is 12.1 Å². The highest BCUT2D eigenvalue weighted by Crippen LogP contribution is 2.35. The van der Waals surface area contributed by atoms with Crippen LogP contribution < -0.4 is 14.8 Å². The van der Waals surface area contributed by atoms with Gasteiger partial charge in [0.25, 0.3) is 0 Å². The van der Waals surface area contributed by atoms with Gasteiger partial charge >= 0.3 is 0 Å². The lowest BCUT2D eigenvalue weighted by Crippen LogP contribution is -2.20. The second-order valence-electron chi connectivity index (χ2n) is 6.31. The molecular formula is C20H17FN6O3S. The standard InChI is InChI=1S/C20H17FN6O3S/c1-29-14-6-7-17(30-2)15(9-14)16-11-31-20(22-16)23-18(28)10-27-25-19(24-26-27)12-4-3-5-13(21)8-12/h3-9,11H,10H2,1-2H3,(H,22,23,28). The van der Waals surface area contributed by atoms with Crippen LogP contribution in [0, 0.1) is 5.82 Å². The molecule has 4 rings (SSSR count). The summed E-state index contributed by atoms with van der Waals surface area (Å²) in [5.74, 6) is 0.760. The van der Waals surface area contributed by atoms with Crippen LogP contribution in [0.4, 0.5) is 9.52 Å². The van der Waals surface area contributed by atoms with E-state index in [1.165, 1.54) is 23.5 Å². The average Bonchev–Trinajstić information content (AvgIpc) is 3.43. The Hall–Kier alpha value is -3.86. The van der Waals surface area contributed by atoms with Gasteiger partial charge in [-0.05, 0) is 35.5 Å². The van der Waals surface area contributed by atoms with E-state index in [9.17, 15) is 9.18 Å². The van der Waals surface area contributed by atoms with Crippen LogP contribution >= 0.6 is 11.3 Å². The van der Waals surface area contributed by atoms with Crippen LogP contribution in [0.5, 0.6) is 11.5 Å². The van der Waals surface area contributed by atoms with E-state index in [1.54, 1.807) is 38.5 Å². The molecule has 0 bridgehead atoms. The van der Waals surface area contributed by atoms with E-state index in [0.717, 1.165) is 10.4 Å². The zero-order valence-corrected chi connectivity index (χ0v) is 17.4. The van der Waals surface area contributed by atoms with Crippen molar-refractivity contribution in [3.8, 4) is 34.1 Å². The molecule has 158 valence electrons. The smallest absolute Gasteiger partial charge is 0.249 e.